The number of benzene rings is 1. The highest BCUT2D eigenvalue weighted by Crippen LogP contribution is 2.33. The molecule has 172 valence electrons. The lowest BCUT2D eigenvalue weighted by Crippen LogP contribution is -2.48. The molecule has 2 aliphatic heterocycles. The molecule has 32 heavy (non-hydrogen) atoms. The average Bonchev–Trinajstić information content (AvgIpc) is 3.22. The van der Waals surface area contributed by atoms with Crippen molar-refractivity contribution in [3.8, 4) is 11.8 Å². The minimum atomic E-state index is -4.77. The number of aromatic nitrogens is 2. The van der Waals surface area contributed by atoms with E-state index in [0.717, 1.165) is 12.1 Å². The van der Waals surface area contributed by atoms with Crippen LogP contribution in [0.4, 0.5) is 19.0 Å². The lowest BCUT2D eigenvalue weighted by molar-refractivity contribution is -0.389. The van der Waals surface area contributed by atoms with E-state index in [4.69, 9.17) is 4.74 Å². The van der Waals surface area contributed by atoms with E-state index < -0.39 is 16.9 Å². The zero-order valence-electron chi connectivity index (χ0n) is 17.2. The Kier molecular flexibility index (Phi) is 5.57. The standard InChI is InChI=1S/C20H21F3N4O5/c1-19(12-26-10-16(27(29)30)24-18(26)32-19)11-25-8-6-14(7-9-25)17(28)13-2-4-15(5-3-13)31-20(21,22)23/h2-5,10,14H,6-9,11-12H2,1H3/t19-/m0/s1. The third kappa shape index (κ3) is 4.85. The molecule has 9 nitrogen and oxygen atoms in total. The number of ketones is 1. The molecular weight excluding hydrogens is 433 g/mol. The fourth-order valence-corrected chi connectivity index (χ4v) is 4.25. The van der Waals surface area contributed by atoms with Crippen LogP contribution in [0, 0.1) is 16.0 Å². The third-order valence-corrected chi connectivity index (χ3v) is 5.65. The van der Waals surface area contributed by atoms with E-state index in [1.54, 1.807) is 4.57 Å². The van der Waals surface area contributed by atoms with Crippen LogP contribution in [0.3, 0.4) is 0 Å². The maximum atomic E-state index is 12.7. The minimum absolute atomic E-state index is 0.0982. The molecule has 0 unspecified atom stereocenters. The van der Waals surface area contributed by atoms with Gasteiger partial charge in [0.05, 0.1) is 6.54 Å². The van der Waals surface area contributed by atoms with E-state index in [1.165, 1.54) is 18.3 Å². The van der Waals surface area contributed by atoms with Crippen LogP contribution in [0.15, 0.2) is 30.5 Å². The minimum Gasteiger partial charge on any atom is -0.436 e. The van der Waals surface area contributed by atoms with E-state index in [2.05, 4.69) is 14.6 Å². The topological polar surface area (TPSA) is 99.7 Å². The van der Waals surface area contributed by atoms with Crippen LogP contribution in [-0.2, 0) is 6.54 Å². The first-order valence-corrected chi connectivity index (χ1v) is 10.0. The Hall–Kier alpha value is -3.15. The second-order valence-corrected chi connectivity index (χ2v) is 8.31. The number of halogens is 3. The highest BCUT2D eigenvalue weighted by atomic mass is 19.4. The number of imidazole rings is 1. The predicted octanol–water partition coefficient (Wildman–Crippen LogP) is 3.44. The van der Waals surface area contributed by atoms with E-state index in [9.17, 15) is 28.1 Å². The molecule has 1 aromatic carbocycles. The largest absolute Gasteiger partial charge is 0.573 e. The molecule has 12 heteroatoms. The quantitative estimate of drug-likeness (QED) is 0.375. The molecule has 4 rings (SSSR count). The summed E-state index contributed by atoms with van der Waals surface area (Å²) in [4.78, 5) is 29.1. The first-order valence-electron chi connectivity index (χ1n) is 10.0. The van der Waals surface area contributed by atoms with Gasteiger partial charge in [-0.05, 0) is 62.0 Å². The molecule has 0 amide bonds. The number of carbonyl (C=O) groups is 1. The zero-order chi connectivity index (χ0) is 23.1. The second-order valence-electron chi connectivity index (χ2n) is 8.31. The number of fused-ring (bicyclic) bond motifs is 1. The predicted molar refractivity (Wildman–Crippen MR) is 105 cm³/mol. The number of carbonyl (C=O) groups excluding carboxylic acids is 1. The van der Waals surface area contributed by atoms with Crippen molar-refractivity contribution in [2.75, 3.05) is 19.6 Å². The lowest BCUT2D eigenvalue weighted by Gasteiger charge is -2.35. The number of ether oxygens (including phenoxy) is 2. The van der Waals surface area contributed by atoms with Crippen LogP contribution in [0.5, 0.6) is 11.8 Å². The summed E-state index contributed by atoms with van der Waals surface area (Å²) in [5.41, 5.74) is -0.223. The summed E-state index contributed by atoms with van der Waals surface area (Å²) >= 11 is 0. The Morgan fingerprint density at radius 2 is 1.97 bits per heavy atom. The van der Waals surface area contributed by atoms with Gasteiger partial charge >= 0.3 is 18.2 Å². The number of alkyl halides is 3. The van der Waals surface area contributed by atoms with Gasteiger partial charge in [0, 0.05) is 23.0 Å². The molecule has 1 atom stereocenters. The van der Waals surface area contributed by atoms with Gasteiger partial charge in [-0.25, -0.2) is 0 Å². The molecule has 0 N–H and O–H groups in total. The number of piperidine rings is 1. The monoisotopic (exact) mass is 454 g/mol. The fraction of sp³-hybridized carbons (Fsp3) is 0.500. The molecule has 1 aromatic heterocycles. The van der Waals surface area contributed by atoms with Gasteiger partial charge in [-0.2, -0.15) is 0 Å². The third-order valence-electron chi connectivity index (χ3n) is 5.65. The SMILES string of the molecule is C[C@]1(CN2CCC(C(=O)c3ccc(OC(F)(F)F)cc3)CC2)Cn2cc([N+](=O)[O-])nc2O1. The zero-order valence-corrected chi connectivity index (χ0v) is 17.2. The Bertz CT molecular complexity index is 990. The van der Waals surface area contributed by atoms with Crippen molar-refractivity contribution in [2.45, 2.75) is 38.3 Å². The van der Waals surface area contributed by atoms with Gasteiger partial charge in [-0.15, -0.1) is 13.2 Å². The van der Waals surface area contributed by atoms with Crippen molar-refractivity contribution in [3.05, 3.63) is 46.1 Å². The normalized spacial score (nSPS) is 21.8. The van der Waals surface area contributed by atoms with Gasteiger partial charge in [0.15, 0.2) is 5.78 Å². The summed E-state index contributed by atoms with van der Waals surface area (Å²) in [5, 5.41) is 10.8. The first kappa shape index (κ1) is 22.1. The number of hydrogen-bond donors (Lipinski definition) is 0. The molecule has 3 heterocycles. The van der Waals surface area contributed by atoms with Crippen LogP contribution < -0.4 is 9.47 Å². The summed E-state index contributed by atoms with van der Waals surface area (Å²) < 4.78 is 48.1. The number of nitrogens with zero attached hydrogens (tertiary/aromatic N) is 4. The average molecular weight is 454 g/mol. The number of rotatable bonds is 6. The number of Topliss-reactive ketones (excluding diaryl/α,β-unsaturated/α-hetero) is 1. The van der Waals surface area contributed by atoms with Crippen molar-refractivity contribution < 1.29 is 32.4 Å². The number of nitro groups is 1. The van der Waals surface area contributed by atoms with Crippen LogP contribution in [0.25, 0.3) is 0 Å². The highest BCUT2D eigenvalue weighted by molar-refractivity contribution is 5.98. The van der Waals surface area contributed by atoms with Crippen molar-refractivity contribution in [2.24, 2.45) is 5.92 Å². The molecule has 0 spiro atoms. The van der Waals surface area contributed by atoms with Crippen molar-refractivity contribution in [3.63, 3.8) is 0 Å². The maximum Gasteiger partial charge on any atom is 0.573 e. The first-order chi connectivity index (χ1) is 15.0. The van der Waals surface area contributed by atoms with Crippen LogP contribution in [0.1, 0.15) is 30.1 Å². The Balaban J connectivity index is 1.29. The summed E-state index contributed by atoms with van der Waals surface area (Å²) in [6.45, 7) is 4.25. The van der Waals surface area contributed by atoms with Gasteiger partial charge in [0.1, 0.15) is 17.5 Å². The molecule has 2 aromatic rings. The van der Waals surface area contributed by atoms with E-state index in [1.807, 2.05) is 6.92 Å². The van der Waals surface area contributed by atoms with Crippen molar-refractivity contribution in [1.29, 1.82) is 0 Å². The molecule has 1 saturated heterocycles. The lowest BCUT2D eigenvalue weighted by atomic mass is 9.88. The number of hydrogen-bond acceptors (Lipinski definition) is 7. The smallest absolute Gasteiger partial charge is 0.436 e. The van der Waals surface area contributed by atoms with Gasteiger partial charge in [0.2, 0.25) is 0 Å². The van der Waals surface area contributed by atoms with Crippen LogP contribution >= 0.6 is 0 Å². The molecule has 1 fully saturated rings. The maximum absolute atomic E-state index is 12.7. The summed E-state index contributed by atoms with van der Waals surface area (Å²) in [6.07, 6.45) is -2.18. The Morgan fingerprint density at radius 1 is 1.31 bits per heavy atom. The molecule has 0 aliphatic carbocycles. The van der Waals surface area contributed by atoms with E-state index >= 15 is 0 Å². The molecular formula is C20H21F3N4O5. The van der Waals surface area contributed by atoms with Crippen molar-refractivity contribution >= 4 is 11.6 Å². The fourth-order valence-electron chi connectivity index (χ4n) is 4.25. The highest BCUT2D eigenvalue weighted by Gasteiger charge is 2.42. The second kappa shape index (κ2) is 8.08. The number of likely N-dealkylation sites (tertiary alicyclic amines) is 1. The molecule has 0 saturated carbocycles. The van der Waals surface area contributed by atoms with Crippen molar-refractivity contribution in [1.82, 2.24) is 14.5 Å². The Labute approximate surface area is 180 Å². The summed E-state index contributed by atoms with van der Waals surface area (Å²) in [6, 6.07) is 5.21. The Morgan fingerprint density at radius 3 is 2.53 bits per heavy atom. The van der Waals surface area contributed by atoms with E-state index in [-0.39, 0.29) is 29.3 Å². The molecule has 0 radical (unpaired) electrons. The van der Waals surface area contributed by atoms with Crippen LogP contribution in [-0.4, -0.2) is 56.8 Å². The van der Waals surface area contributed by atoms with Gasteiger partial charge in [-0.1, -0.05) is 0 Å². The molecule has 2 aliphatic rings. The van der Waals surface area contributed by atoms with Gasteiger partial charge < -0.3 is 19.6 Å². The van der Waals surface area contributed by atoms with Gasteiger partial charge in [-0.3, -0.25) is 14.3 Å². The van der Waals surface area contributed by atoms with Gasteiger partial charge in [0.25, 0.3) is 0 Å². The summed E-state index contributed by atoms with van der Waals surface area (Å²) in [5.74, 6) is -0.923. The summed E-state index contributed by atoms with van der Waals surface area (Å²) in [7, 11) is 0. The molecule has 0 bridgehead atoms. The van der Waals surface area contributed by atoms with Crippen LogP contribution in [0.2, 0.25) is 0 Å². The van der Waals surface area contributed by atoms with E-state index in [0.29, 0.717) is 44.6 Å².